The smallest absolute Gasteiger partial charge is 0.240 e. The predicted molar refractivity (Wildman–Crippen MR) is 96.8 cm³/mol. The van der Waals surface area contributed by atoms with Crippen LogP contribution in [0.5, 0.6) is 0 Å². The largest absolute Gasteiger partial charge is 0.348 e. The molecule has 3 aromatic rings. The first-order valence-electron chi connectivity index (χ1n) is 8.38. The SMILES string of the molecule is CCc1ccc([C@@H](C)NC(=O)Cn2c(C)nc3ccccc32)cc1. The second kappa shape index (κ2) is 6.87. The van der Waals surface area contributed by atoms with Gasteiger partial charge in [0.1, 0.15) is 12.4 Å². The molecule has 1 aromatic heterocycles. The maximum atomic E-state index is 12.5. The lowest BCUT2D eigenvalue weighted by atomic mass is 10.1. The van der Waals surface area contributed by atoms with Gasteiger partial charge in [-0.05, 0) is 43.5 Å². The van der Waals surface area contributed by atoms with Crippen molar-refractivity contribution in [2.24, 2.45) is 0 Å². The second-order valence-corrected chi connectivity index (χ2v) is 6.12. The zero-order valence-electron chi connectivity index (χ0n) is 14.4. The molecule has 1 heterocycles. The fourth-order valence-corrected chi connectivity index (χ4v) is 2.95. The molecule has 2 aromatic carbocycles. The van der Waals surface area contributed by atoms with Crippen LogP contribution in [-0.2, 0) is 17.8 Å². The third-order valence-corrected chi connectivity index (χ3v) is 4.41. The third-order valence-electron chi connectivity index (χ3n) is 4.41. The van der Waals surface area contributed by atoms with Gasteiger partial charge in [-0.3, -0.25) is 4.79 Å². The summed E-state index contributed by atoms with van der Waals surface area (Å²) in [6, 6.07) is 16.3. The van der Waals surface area contributed by atoms with Crippen molar-refractivity contribution in [1.82, 2.24) is 14.9 Å². The van der Waals surface area contributed by atoms with E-state index >= 15 is 0 Å². The summed E-state index contributed by atoms with van der Waals surface area (Å²) in [5, 5.41) is 3.08. The summed E-state index contributed by atoms with van der Waals surface area (Å²) in [5.74, 6) is 0.847. The molecule has 0 saturated heterocycles. The molecule has 24 heavy (non-hydrogen) atoms. The summed E-state index contributed by atoms with van der Waals surface area (Å²) in [4.78, 5) is 17.0. The molecule has 0 saturated carbocycles. The standard InChI is InChI=1S/C20H23N3O/c1-4-16-9-11-17(12-10-16)14(2)21-20(24)13-23-15(3)22-18-7-5-6-8-19(18)23/h5-12,14H,4,13H2,1-3H3,(H,21,24)/t14-/m1/s1. The highest BCUT2D eigenvalue weighted by Gasteiger charge is 2.13. The van der Waals surface area contributed by atoms with Crippen LogP contribution in [0.2, 0.25) is 0 Å². The molecule has 0 fully saturated rings. The first kappa shape index (κ1) is 16.2. The molecule has 0 radical (unpaired) electrons. The topological polar surface area (TPSA) is 46.9 Å². The van der Waals surface area contributed by atoms with Gasteiger partial charge in [-0.2, -0.15) is 0 Å². The third kappa shape index (κ3) is 3.32. The van der Waals surface area contributed by atoms with E-state index in [2.05, 4.69) is 41.5 Å². The molecular weight excluding hydrogens is 298 g/mol. The second-order valence-electron chi connectivity index (χ2n) is 6.12. The van der Waals surface area contributed by atoms with Crippen molar-refractivity contribution in [3.63, 3.8) is 0 Å². The van der Waals surface area contributed by atoms with Crippen LogP contribution in [0.1, 0.15) is 36.8 Å². The Hall–Kier alpha value is -2.62. The van der Waals surface area contributed by atoms with E-state index < -0.39 is 0 Å². The van der Waals surface area contributed by atoms with Crippen molar-refractivity contribution in [3.05, 3.63) is 65.5 Å². The quantitative estimate of drug-likeness (QED) is 0.777. The number of aryl methyl sites for hydroxylation is 2. The number of hydrogen-bond donors (Lipinski definition) is 1. The van der Waals surface area contributed by atoms with Crippen LogP contribution in [0.4, 0.5) is 0 Å². The molecule has 0 bridgehead atoms. The molecule has 0 aliphatic heterocycles. The minimum Gasteiger partial charge on any atom is -0.348 e. The monoisotopic (exact) mass is 321 g/mol. The van der Waals surface area contributed by atoms with Crippen molar-refractivity contribution in [3.8, 4) is 0 Å². The predicted octanol–water partition coefficient (Wildman–Crippen LogP) is 3.78. The average molecular weight is 321 g/mol. The minimum absolute atomic E-state index is 0.00618. The maximum absolute atomic E-state index is 12.5. The van der Waals surface area contributed by atoms with E-state index in [4.69, 9.17) is 0 Å². The van der Waals surface area contributed by atoms with Gasteiger partial charge in [0.15, 0.2) is 0 Å². The lowest BCUT2D eigenvalue weighted by molar-refractivity contribution is -0.122. The summed E-state index contributed by atoms with van der Waals surface area (Å²) < 4.78 is 1.96. The molecule has 1 N–H and O–H groups in total. The van der Waals surface area contributed by atoms with Gasteiger partial charge in [0, 0.05) is 0 Å². The molecule has 3 rings (SSSR count). The minimum atomic E-state index is -0.0153. The Balaban J connectivity index is 1.71. The fourth-order valence-electron chi connectivity index (χ4n) is 2.95. The lowest BCUT2D eigenvalue weighted by Gasteiger charge is -2.16. The average Bonchev–Trinajstić information content (AvgIpc) is 2.90. The Labute approximate surface area is 142 Å². The Morgan fingerprint density at radius 1 is 1.17 bits per heavy atom. The van der Waals surface area contributed by atoms with Crippen LogP contribution in [0.25, 0.3) is 11.0 Å². The number of aromatic nitrogens is 2. The lowest BCUT2D eigenvalue weighted by Crippen LogP contribution is -2.30. The van der Waals surface area contributed by atoms with E-state index in [1.54, 1.807) is 0 Å². The molecule has 4 nitrogen and oxygen atoms in total. The number of benzene rings is 2. The zero-order valence-corrected chi connectivity index (χ0v) is 14.4. The Bertz CT molecular complexity index is 849. The molecule has 0 aliphatic rings. The Morgan fingerprint density at radius 2 is 1.88 bits per heavy atom. The van der Waals surface area contributed by atoms with Gasteiger partial charge in [0.2, 0.25) is 5.91 Å². The van der Waals surface area contributed by atoms with Crippen molar-refractivity contribution >= 4 is 16.9 Å². The van der Waals surface area contributed by atoms with Gasteiger partial charge in [0.25, 0.3) is 0 Å². The number of hydrogen-bond acceptors (Lipinski definition) is 2. The van der Waals surface area contributed by atoms with Crippen LogP contribution in [0, 0.1) is 6.92 Å². The van der Waals surface area contributed by atoms with Crippen molar-refractivity contribution in [2.75, 3.05) is 0 Å². The van der Waals surface area contributed by atoms with Crippen molar-refractivity contribution < 1.29 is 4.79 Å². The molecule has 0 unspecified atom stereocenters. The normalized spacial score (nSPS) is 12.3. The van der Waals surface area contributed by atoms with Gasteiger partial charge in [0.05, 0.1) is 17.1 Å². The van der Waals surface area contributed by atoms with Gasteiger partial charge < -0.3 is 9.88 Å². The summed E-state index contributed by atoms with van der Waals surface area (Å²) in [6.45, 7) is 6.36. The van der Waals surface area contributed by atoms with Gasteiger partial charge >= 0.3 is 0 Å². The Morgan fingerprint density at radius 3 is 2.58 bits per heavy atom. The van der Waals surface area contributed by atoms with Crippen molar-refractivity contribution in [1.29, 1.82) is 0 Å². The van der Waals surface area contributed by atoms with Crippen LogP contribution < -0.4 is 5.32 Å². The number of nitrogens with one attached hydrogen (secondary N) is 1. The Kier molecular flexibility index (Phi) is 4.65. The van der Waals surface area contributed by atoms with E-state index in [0.29, 0.717) is 0 Å². The van der Waals surface area contributed by atoms with Crippen LogP contribution >= 0.6 is 0 Å². The highest BCUT2D eigenvalue weighted by atomic mass is 16.2. The van der Waals surface area contributed by atoms with E-state index in [1.165, 1.54) is 5.56 Å². The molecule has 1 amide bonds. The molecule has 0 aliphatic carbocycles. The van der Waals surface area contributed by atoms with E-state index in [1.807, 2.05) is 42.7 Å². The summed E-state index contributed by atoms with van der Waals surface area (Å²) in [6.07, 6.45) is 1.02. The van der Waals surface area contributed by atoms with Crippen LogP contribution in [0.15, 0.2) is 48.5 Å². The maximum Gasteiger partial charge on any atom is 0.240 e. The van der Waals surface area contributed by atoms with Crippen molar-refractivity contribution in [2.45, 2.75) is 39.8 Å². The van der Waals surface area contributed by atoms with Crippen LogP contribution in [-0.4, -0.2) is 15.5 Å². The number of fused-ring (bicyclic) bond motifs is 1. The van der Waals surface area contributed by atoms with E-state index in [9.17, 15) is 4.79 Å². The number of amides is 1. The summed E-state index contributed by atoms with van der Waals surface area (Å²) in [5.41, 5.74) is 4.33. The molecule has 0 spiro atoms. The summed E-state index contributed by atoms with van der Waals surface area (Å²) >= 11 is 0. The molecule has 4 heteroatoms. The number of para-hydroxylation sites is 2. The number of imidazole rings is 1. The highest BCUT2D eigenvalue weighted by molar-refractivity contribution is 5.81. The van der Waals surface area contributed by atoms with E-state index in [0.717, 1.165) is 28.8 Å². The molecule has 1 atom stereocenters. The molecule has 124 valence electrons. The zero-order chi connectivity index (χ0) is 17.1. The first-order chi connectivity index (χ1) is 11.6. The van der Waals surface area contributed by atoms with Gasteiger partial charge in [-0.15, -0.1) is 0 Å². The number of carbonyl (C=O) groups excluding carboxylic acids is 1. The first-order valence-corrected chi connectivity index (χ1v) is 8.38. The number of nitrogens with zero attached hydrogens (tertiary/aromatic N) is 2. The summed E-state index contributed by atoms with van der Waals surface area (Å²) in [7, 11) is 0. The number of carbonyl (C=O) groups is 1. The molecular formula is C20H23N3O. The van der Waals surface area contributed by atoms with Crippen LogP contribution in [0.3, 0.4) is 0 Å². The number of rotatable bonds is 5. The van der Waals surface area contributed by atoms with Gasteiger partial charge in [-0.1, -0.05) is 43.3 Å². The van der Waals surface area contributed by atoms with Gasteiger partial charge in [-0.25, -0.2) is 4.98 Å². The van der Waals surface area contributed by atoms with E-state index in [-0.39, 0.29) is 18.5 Å². The fraction of sp³-hybridized carbons (Fsp3) is 0.300. The highest BCUT2D eigenvalue weighted by Crippen LogP contribution is 2.16.